The number of rotatable bonds is 54. The molecule has 0 bridgehead atoms. The maximum Gasteiger partial charge on any atom is 0.306 e. The van der Waals surface area contributed by atoms with Crippen molar-refractivity contribution in [3.8, 4) is 0 Å². The minimum atomic E-state index is -1.62. The van der Waals surface area contributed by atoms with Gasteiger partial charge in [-0.2, -0.15) is 0 Å². The summed E-state index contributed by atoms with van der Waals surface area (Å²) >= 11 is 0. The van der Waals surface area contributed by atoms with Crippen LogP contribution in [-0.2, 0) is 23.8 Å². The van der Waals surface area contributed by atoms with Crippen LogP contribution in [0.3, 0.4) is 0 Å². The lowest BCUT2D eigenvalue weighted by molar-refractivity contribution is -0.305. The summed E-state index contributed by atoms with van der Waals surface area (Å²) in [7, 11) is 0. The number of carbonyl (C=O) groups is 2. The number of hydrogen-bond donors (Lipinski definition) is 6. The van der Waals surface area contributed by atoms with E-state index < -0.39 is 67.4 Å². The van der Waals surface area contributed by atoms with Crippen LogP contribution in [0.15, 0.2) is 60.8 Å². The molecule has 1 aliphatic heterocycles. The molecule has 6 N–H and O–H groups in total. The number of ether oxygens (including phenoxy) is 3. The van der Waals surface area contributed by atoms with Crippen LogP contribution in [0, 0.1) is 0 Å². The smallest absolute Gasteiger partial charge is 0.306 e. The average Bonchev–Trinajstić information content (AvgIpc) is 3.43. The number of aliphatic hydroxyl groups is 5. The zero-order valence-corrected chi connectivity index (χ0v) is 49.6. The minimum Gasteiger partial charge on any atom is -0.454 e. The van der Waals surface area contributed by atoms with Crippen LogP contribution in [0.1, 0.15) is 284 Å². The van der Waals surface area contributed by atoms with E-state index in [0.717, 1.165) is 83.5 Å². The van der Waals surface area contributed by atoms with Crippen molar-refractivity contribution in [2.24, 2.45) is 0 Å². The Kier molecular flexibility index (Phi) is 50.7. The van der Waals surface area contributed by atoms with Crippen molar-refractivity contribution in [1.82, 2.24) is 5.32 Å². The van der Waals surface area contributed by atoms with Crippen molar-refractivity contribution in [1.29, 1.82) is 0 Å². The summed E-state index contributed by atoms with van der Waals surface area (Å²) in [5.74, 6) is -1.21. The van der Waals surface area contributed by atoms with Gasteiger partial charge < -0.3 is 45.1 Å². The Balaban J connectivity index is 2.66. The highest BCUT2D eigenvalue weighted by atomic mass is 16.7. The largest absolute Gasteiger partial charge is 0.454 e. The molecule has 0 saturated carbocycles. The lowest BCUT2D eigenvalue weighted by Crippen LogP contribution is -2.61. The van der Waals surface area contributed by atoms with Crippen molar-refractivity contribution in [3.05, 3.63) is 60.8 Å². The van der Waals surface area contributed by atoms with Crippen molar-refractivity contribution < 1.29 is 49.3 Å². The molecule has 448 valence electrons. The fraction of sp³-hybridized carbons (Fsp3) is 0.818. The highest BCUT2D eigenvalue weighted by Gasteiger charge is 2.47. The second-order valence-corrected chi connectivity index (χ2v) is 22.1. The van der Waals surface area contributed by atoms with Gasteiger partial charge in [-0.05, 0) is 70.6 Å². The number of unbranched alkanes of at least 4 members (excludes halogenated alkanes) is 32. The minimum absolute atomic E-state index is 0.124. The number of aliphatic hydroxyl groups excluding tert-OH is 5. The monoisotopic (exact) mass is 1090 g/mol. The highest BCUT2D eigenvalue weighted by Crippen LogP contribution is 2.26. The van der Waals surface area contributed by atoms with Gasteiger partial charge in [0.25, 0.3) is 0 Å². The zero-order valence-electron chi connectivity index (χ0n) is 49.6. The van der Waals surface area contributed by atoms with Gasteiger partial charge >= 0.3 is 5.97 Å². The first-order valence-corrected chi connectivity index (χ1v) is 32.1. The van der Waals surface area contributed by atoms with E-state index in [4.69, 9.17) is 14.2 Å². The SMILES string of the molecule is CCCCC/C=C\C/C=C\C/C=C\C/C=C\CCCCCCC(O)C(=O)NC(COC1OC(CO)C(O)C(O)C1OC(=O)CCCCCCCCCCCCCCCCCCC)C(O)/C=C/CCCCCCCCCCC. The highest BCUT2D eigenvalue weighted by molar-refractivity contribution is 5.80. The van der Waals surface area contributed by atoms with Gasteiger partial charge in [0.2, 0.25) is 5.91 Å². The van der Waals surface area contributed by atoms with Crippen LogP contribution in [0.25, 0.3) is 0 Å². The number of esters is 1. The predicted octanol–water partition coefficient (Wildman–Crippen LogP) is 15.4. The van der Waals surface area contributed by atoms with Gasteiger partial charge in [-0.1, -0.05) is 268 Å². The number of nitrogens with one attached hydrogen (secondary N) is 1. The molecule has 8 unspecified atom stereocenters. The van der Waals surface area contributed by atoms with Crippen LogP contribution in [0.4, 0.5) is 0 Å². The van der Waals surface area contributed by atoms with E-state index in [9.17, 15) is 35.1 Å². The quantitative estimate of drug-likeness (QED) is 0.0195. The molecule has 11 heteroatoms. The first-order valence-electron chi connectivity index (χ1n) is 32.1. The van der Waals surface area contributed by atoms with Crippen LogP contribution in [0.5, 0.6) is 0 Å². The van der Waals surface area contributed by atoms with Crippen molar-refractivity contribution in [2.75, 3.05) is 13.2 Å². The molecular formula is C66H119NO10. The van der Waals surface area contributed by atoms with Crippen LogP contribution >= 0.6 is 0 Å². The van der Waals surface area contributed by atoms with Gasteiger partial charge in [-0.25, -0.2) is 0 Å². The second kappa shape index (κ2) is 54.0. The number of amides is 1. The average molecular weight is 1090 g/mol. The van der Waals surface area contributed by atoms with Gasteiger partial charge in [-0.3, -0.25) is 9.59 Å². The third-order valence-corrected chi connectivity index (χ3v) is 14.9. The summed E-state index contributed by atoms with van der Waals surface area (Å²) in [4.78, 5) is 26.6. The van der Waals surface area contributed by atoms with Gasteiger partial charge in [0, 0.05) is 6.42 Å². The fourth-order valence-corrected chi connectivity index (χ4v) is 9.81. The second-order valence-electron chi connectivity index (χ2n) is 22.1. The Morgan fingerprint density at radius 3 is 1.36 bits per heavy atom. The Morgan fingerprint density at radius 1 is 0.506 bits per heavy atom. The van der Waals surface area contributed by atoms with Gasteiger partial charge in [0.15, 0.2) is 12.4 Å². The van der Waals surface area contributed by atoms with E-state index in [1.54, 1.807) is 6.08 Å². The molecule has 0 aliphatic carbocycles. The van der Waals surface area contributed by atoms with E-state index in [1.165, 1.54) is 154 Å². The van der Waals surface area contributed by atoms with E-state index >= 15 is 0 Å². The van der Waals surface area contributed by atoms with Gasteiger partial charge in [0.05, 0.1) is 25.4 Å². The summed E-state index contributed by atoms with van der Waals surface area (Å²) in [6.07, 6.45) is 56.8. The molecule has 77 heavy (non-hydrogen) atoms. The normalized spacial score (nSPS) is 19.4. The molecule has 11 nitrogen and oxygen atoms in total. The van der Waals surface area contributed by atoms with E-state index in [1.807, 2.05) is 6.08 Å². The summed E-state index contributed by atoms with van der Waals surface area (Å²) < 4.78 is 17.6. The molecule has 1 heterocycles. The topological polar surface area (TPSA) is 175 Å². The van der Waals surface area contributed by atoms with Gasteiger partial charge in [-0.15, -0.1) is 0 Å². The fourth-order valence-electron chi connectivity index (χ4n) is 9.81. The first kappa shape index (κ1) is 72.4. The van der Waals surface area contributed by atoms with Crippen molar-refractivity contribution in [2.45, 2.75) is 333 Å². The summed E-state index contributed by atoms with van der Waals surface area (Å²) in [6, 6.07) is -1.03. The standard InChI is InChI=1S/C66H119NO10/c1-4-7-10-13-16-19-22-24-26-28-29-30-32-33-35-38-41-44-47-50-53-59(70)65(74)67-57(58(69)52-49-46-43-40-37-21-18-15-12-9-6-3)56-75-66-64(63(73)62(72)60(55-68)76-66)77-61(71)54-51-48-45-42-39-36-34-31-27-25-23-20-17-14-11-8-5-2/h16,19,24,26,29-30,33,35,49,52,57-60,62-64,66,68-70,72-73H,4-15,17-18,20-23,25,27-28,31-32,34,36-48,50-51,53-56H2,1-3H3,(H,67,74)/b19-16-,26-24-,30-29-,35-33-,52-49+. The van der Waals surface area contributed by atoms with Gasteiger partial charge in [0.1, 0.15) is 24.4 Å². The molecule has 1 rings (SSSR count). The first-order chi connectivity index (χ1) is 37.7. The lowest BCUT2D eigenvalue weighted by atomic mass is 9.99. The Labute approximate surface area is 471 Å². The Bertz CT molecular complexity index is 1480. The molecule has 1 saturated heterocycles. The molecule has 0 aromatic carbocycles. The maximum absolute atomic E-state index is 13.4. The number of allylic oxidation sites excluding steroid dienone is 9. The molecule has 1 fully saturated rings. The van der Waals surface area contributed by atoms with E-state index in [2.05, 4.69) is 74.7 Å². The van der Waals surface area contributed by atoms with Crippen LogP contribution < -0.4 is 5.32 Å². The molecule has 0 spiro atoms. The summed E-state index contributed by atoms with van der Waals surface area (Å²) in [6.45, 7) is 5.76. The van der Waals surface area contributed by atoms with Crippen molar-refractivity contribution >= 4 is 11.9 Å². The number of hydrogen-bond acceptors (Lipinski definition) is 10. The lowest BCUT2D eigenvalue weighted by Gasteiger charge is -2.41. The molecule has 1 aliphatic rings. The third-order valence-electron chi connectivity index (χ3n) is 14.9. The Morgan fingerprint density at radius 2 is 0.896 bits per heavy atom. The predicted molar refractivity (Wildman–Crippen MR) is 320 cm³/mol. The van der Waals surface area contributed by atoms with Crippen LogP contribution in [0.2, 0.25) is 0 Å². The molecule has 0 aromatic rings. The third kappa shape index (κ3) is 42.0. The van der Waals surface area contributed by atoms with Crippen molar-refractivity contribution in [3.63, 3.8) is 0 Å². The van der Waals surface area contributed by atoms with E-state index in [-0.39, 0.29) is 19.4 Å². The molecule has 8 atom stereocenters. The molecule has 0 radical (unpaired) electrons. The Hall–Kier alpha value is -2.64. The van der Waals surface area contributed by atoms with E-state index in [0.29, 0.717) is 12.8 Å². The molecular weight excluding hydrogens is 967 g/mol. The zero-order chi connectivity index (χ0) is 56.1. The molecule has 1 amide bonds. The molecule has 0 aromatic heterocycles. The maximum atomic E-state index is 13.4. The van der Waals surface area contributed by atoms with Crippen LogP contribution in [-0.4, -0.2) is 99.6 Å². The number of carbonyl (C=O) groups excluding carboxylic acids is 2. The summed E-state index contributed by atoms with van der Waals surface area (Å²) in [5.41, 5.74) is 0. The summed E-state index contributed by atoms with van der Waals surface area (Å²) in [5, 5.41) is 57.0.